The quantitative estimate of drug-likeness (QED) is 0.0926. The molecule has 6 aromatic rings. The third kappa shape index (κ3) is 6.36. The van der Waals surface area contributed by atoms with Crippen molar-refractivity contribution < 1.29 is 47.6 Å². The Kier molecular flexibility index (Phi) is 9.26. The number of ether oxygens (including phenoxy) is 6. The predicted molar refractivity (Wildman–Crippen MR) is 213 cm³/mol. The van der Waals surface area contributed by atoms with E-state index < -0.39 is 29.5 Å². The van der Waals surface area contributed by atoms with Crippen LogP contribution >= 0.6 is 0 Å². The van der Waals surface area contributed by atoms with Gasteiger partial charge in [0.05, 0.1) is 5.56 Å². The summed E-state index contributed by atoms with van der Waals surface area (Å²) in [5.41, 5.74) is 2.34. The van der Waals surface area contributed by atoms with Crippen LogP contribution in [0.15, 0.2) is 146 Å². The Labute approximate surface area is 331 Å². The van der Waals surface area contributed by atoms with Gasteiger partial charge in [0.15, 0.2) is 17.1 Å². The first-order valence-corrected chi connectivity index (χ1v) is 17.8. The lowest BCUT2D eigenvalue weighted by Gasteiger charge is -2.37. The predicted octanol–water partition coefficient (Wildman–Crippen LogP) is 8.14. The van der Waals surface area contributed by atoms with E-state index in [4.69, 9.17) is 28.4 Å². The number of esters is 4. The van der Waals surface area contributed by atoms with Crippen molar-refractivity contribution in [2.45, 2.75) is 12.5 Å². The summed E-state index contributed by atoms with van der Waals surface area (Å²) in [6.45, 7) is 15.9. The number of fused-ring (bicyclic) bond motifs is 10. The molecular formula is C47H31NO10. The molecule has 58 heavy (non-hydrogen) atoms. The fraction of sp³-hybridized carbons (Fsp3) is 0.0426. The van der Waals surface area contributed by atoms with E-state index in [1.54, 1.807) is 67.6 Å². The van der Waals surface area contributed by atoms with E-state index in [0.717, 1.165) is 34.2 Å². The maximum Gasteiger partial charge on any atom is 0.340 e. The minimum Gasteiger partial charge on any atom is -0.455 e. The molecular weight excluding hydrogens is 739 g/mol. The highest BCUT2D eigenvalue weighted by Gasteiger charge is 2.54. The Morgan fingerprint density at radius 1 is 0.672 bits per heavy atom. The number of carbonyl (C=O) groups excluding carboxylic acids is 4. The number of hydrogen-bond donors (Lipinski definition) is 0. The maximum atomic E-state index is 13.1. The number of rotatable bonds is 6. The SMILES string of the molecule is C=CC(=O)Oc1ccc2c(c1)Oc1cc(=C)ccc1=N2.C=CC(=O)Oc1ccc2c3c(ccc2c1)C1(OC(=O)c2ccccc21)c1ccc(OC(=O)C=C)c(C)c1O3. The van der Waals surface area contributed by atoms with Crippen molar-refractivity contribution in [3.63, 3.8) is 0 Å². The van der Waals surface area contributed by atoms with Crippen LogP contribution in [0.25, 0.3) is 17.4 Å². The molecule has 6 aromatic carbocycles. The van der Waals surface area contributed by atoms with E-state index in [0.29, 0.717) is 79.1 Å². The second kappa shape index (κ2) is 14.5. The summed E-state index contributed by atoms with van der Waals surface area (Å²) in [5.74, 6) is 0.936. The van der Waals surface area contributed by atoms with Gasteiger partial charge in [-0.25, -0.2) is 24.2 Å². The molecule has 284 valence electrons. The van der Waals surface area contributed by atoms with Gasteiger partial charge in [0.1, 0.15) is 39.8 Å². The Bertz CT molecular complexity index is 2930. The van der Waals surface area contributed by atoms with E-state index in [2.05, 4.69) is 31.3 Å². The van der Waals surface area contributed by atoms with Gasteiger partial charge in [0.25, 0.3) is 0 Å². The summed E-state index contributed by atoms with van der Waals surface area (Å²) in [6, 6.07) is 30.0. The second-order valence-corrected chi connectivity index (χ2v) is 13.1. The molecule has 0 aliphatic carbocycles. The molecule has 0 radical (unpaired) electrons. The van der Waals surface area contributed by atoms with E-state index in [1.165, 1.54) is 0 Å². The monoisotopic (exact) mass is 769 g/mol. The van der Waals surface area contributed by atoms with Crippen LogP contribution < -0.4 is 34.3 Å². The fourth-order valence-corrected chi connectivity index (χ4v) is 6.97. The molecule has 0 N–H and O–H groups in total. The Hall–Kier alpha value is -8.05. The summed E-state index contributed by atoms with van der Waals surface area (Å²) in [7, 11) is 0. The molecule has 1 unspecified atom stereocenters. The van der Waals surface area contributed by atoms with Crippen molar-refractivity contribution >= 4 is 46.9 Å². The van der Waals surface area contributed by atoms with Crippen molar-refractivity contribution in [3.8, 4) is 40.2 Å². The Morgan fingerprint density at radius 2 is 1.34 bits per heavy atom. The van der Waals surface area contributed by atoms with E-state index in [9.17, 15) is 19.2 Å². The summed E-state index contributed by atoms with van der Waals surface area (Å²) in [5, 5.41) is 3.04. The van der Waals surface area contributed by atoms with Gasteiger partial charge in [-0.15, -0.1) is 0 Å². The normalized spacial score (nSPS) is 14.7. The van der Waals surface area contributed by atoms with Crippen LogP contribution in [0, 0.1) is 6.92 Å². The molecule has 0 saturated heterocycles. The van der Waals surface area contributed by atoms with Gasteiger partial charge >= 0.3 is 23.9 Å². The molecule has 9 rings (SSSR count). The Morgan fingerprint density at radius 3 is 2.10 bits per heavy atom. The molecule has 3 heterocycles. The first-order chi connectivity index (χ1) is 28.0. The van der Waals surface area contributed by atoms with Gasteiger partial charge in [-0.05, 0) is 84.3 Å². The lowest BCUT2D eigenvalue weighted by Crippen LogP contribution is -2.33. The smallest absolute Gasteiger partial charge is 0.340 e. The van der Waals surface area contributed by atoms with Crippen LogP contribution in [0.4, 0.5) is 5.69 Å². The minimum absolute atomic E-state index is 0.295. The second-order valence-electron chi connectivity index (χ2n) is 13.1. The molecule has 11 nitrogen and oxygen atoms in total. The van der Waals surface area contributed by atoms with Crippen molar-refractivity contribution in [1.82, 2.24) is 0 Å². The zero-order valence-electron chi connectivity index (χ0n) is 30.9. The zero-order chi connectivity index (χ0) is 40.7. The molecule has 0 fully saturated rings. The molecule has 3 aliphatic rings. The van der Waals surface area contributed by atoms with Gasteiger partial charge in [-0.1, -0.05) is 56.6 Å². The van der Waals surface area contributed by atoms with Crippen LogP contribution in [0.3, 0.4) is 0 Å². The maximum absolute atomic E-state index is 13.1. The van der Waals surface area contributed by atoms with E-state index >= 15 is 0 Å². The summed E-state index contributed by atoms with van der Waals surface area (Å²) in [4.78, 5) is 52.5. The average Bonchev–Trinajstić information content (AvgIpc) is 3.52. The van der Waals surface area contributed by atoms with Gasteiger partial charge < -0.3 is 28.4 Å². The third-order valence-electron chi connectivity index (χ3n) is 9.60. The highest BCUT2D eigenvalue weighted by Crippen LogP contribution is 2.59. The first-order valence-electron chi connectivity index (χ1n) is 17.8. The van der Waals surface area contributed by atoms with Crippen molar-refractivity contribution in [3.05, 3.63) is 179 Å². The molecule has 1 atom stereocenters. The van der Waals surface area contributed by atoms with Gasteiger partial charge in [-0.3, -0.25) is 0 Å². The number of hydrogen-bond acceptors (Lipinski definition) is 11. The molecule has 0 saturated carbocycles. The zero-order valence-corrected chi connectivity index (χ0v) is 30.9. The van der Waals surface area contributed by atoms with E-state index in [-0.39, 0.29) is 0 Å². The minimum atomic E-state index is -1.29. The summed E-state index contributed by atoms with van der Waals surface area (Å²) < 4.78 is 34.3. The third-order valence-corrected chi connectivity index (χ3v) is 9.60. The standard InChI is InChI=1S/C31H20O7.C16H11NO3/c1-4-26(32)35-19-11-12-20-18(16-19)10-13-24-29(20)37-28-17(3)25(36-27(33)5-2)15-14-23(28)31(24)22-9-7-6-8-21(22)30(34)38-31;1-3-16(18)19-11-5-7-13-15(9-11)20-14-8-10(2)4-6-12(14)17-13/h4-16H,1-2H2,3H3;3-9H,1-2H2. The highest BCUT2D eigenvalue weighted by molar-refractivity contribution is 5.99. The molecule has 1 spiro atoms. The van der Waals surface area contributed by atoms with Crippen LogP contribution in [-0.2, 0) is 24.7 Å². The number of nitrogens with zero attached hydrogens (tertiary/aromatic N) is 1. The molecule has 0 aromatic heterocycles. The molecule has 0 bridgehead atoms. The summed E-state index contributed by atoms with van der Waals surface area (Å²) in [6.07, 6.45) is 3.27. The number of carbonyl (C=O) groups is 4. The molecule has 3 aliphatic heterocycles. The molecule has 11 heteroatoms. The van der Waals surface area contributed by atoms with Crippen LogP contribution in [0.5, 0.6) is 40.2 Å². The lowest BCUT2D eigenvalue weighted by atomic mass is 9.76. The Balaban J connectivity index is 0.000000197. The van der Waals surface area contributed by atoms with Crippen LogP contribution in [0.2, 0.25) is 0 Å². The highest BCUT2D eigenvalue weighted by atomic mass is 16.6. The van der Waals surface area contributed by atoms with Crippen molar-refractivity contribution in [2.75, 3.05) is 0 Å². The fourth-order valence-electron chi connectivity index (χ4n) is 6.97. The van der Waals surface area contributed by atoms with Gasteiger partial charge in [0.2, 0.25) is 0 Å². The molecule has 0 amide bonds. The first kappa shape index (κ1) is 36.9. The average molecular weight is 770 g/mol. The van der Waals surface area contributed by atoms with Crippen molar-refractivity contribution in [1.29, 1.82) is 0 Å². The van der Waals surface area contributed by atoms with Crippen LogP contribution in [0.1, 0.15) is 32.6 Å². The number of benzene rings is 6. The lowest BCUT2D eigenvalue weighted by molar-refractivity contribution is -0.129. The van der Waals surface area contributed by atoms with Crippen LogP contribution in [-0.4, -0.2) is 23.9 Å². The van der Waals surface area contributed by atoms with Crippen molar-refractivity contribution in [2.24, 2.45) is 4.99 Å². The largest absolute Gasteiger partial charge is 0.455 e. The van der Waals surface area contributed by atoms with Gasteiger partial charge in [-0.2, -0.15) is 0 Å². The topological polar surface area (TPSA) is 136 Å². The summed E-state index contributed by atoms with van der Waals surface area (Å²) >= 11 is 0. The van der Waals surface area contributed by atoms with E-state index in [1.807, 2.05) is 42.5 Å². The van der Waals surface area contributed by atoms with Gasteiger partial charge in [0, 0.05) is 51.9 Å².